The van der Waals surface area contributed by atoms with E-state index in [0.29, 0.717) is 4.57 Å². The van der Waals surface area contributed by atoms with Crippen molar-refractivity contribution in [2.75, 3.05) is 0 Å². The number of nitro groups is 2. The minimum Gasteiger partial charge on any atom is -0.269 e. The van der Waals surface area contributed by atoms with Gasteiger partial charge in [-0.05, 0) is 6.07 Å². The summed E-state index contributed by atoms with van der Waals surface area (Å²) in [6.07, 6.45) is -1.26. The summed E-state index contributed by atoms with van der Waals surface area (Å²) in [5.41, 5.74) is -0.786. The zero-order chi connectivity index (χ0) is 10.7. The van der Waals surface area contributed by atoms with E-state index in [2.05, 4.69) is 0 Å². The molecule has 0 N–H and O–H groups in total. The summed E-state index contributed by atoms with van der Waals surface area (Å²) in [4.78, 5) is 29.3. The smallest absolute Gasteiger partial charge is 0.269 e. The summed E-state index contributed by atoms with van der Waals surface area (Å²) in [6, 6.07) is 3.66. The van der Waals surface area contributed by atoms with Crippen LogP contribution in [0.3, 0.4) is 0 Å². The van der Waals surface area contributed by atoms with Crippen molar-refractivity contribution in [2.45, 2.75) is 6.29 Å². The van der Waals surface area contributed by atoms with Gasteiger partial charge in [-0.3, -0.25) is 25.0 Å². The molecule has 0 atom stereocenters. The van der Waals surface area contributed by atoms with Gasteiger partial charge in [-0.15, -0.1) is 0 Å². The van der Waals surface area contributed by atoms with Crippen molar-refractivity contribution in [1.82, 2.24) is 4.57 Å². The largest absolute Gasteiger partial charge is 0.542 e. The van der Waals surface area contributed by atoms with E-state index in [1.807, 2.05) is 0 Å². The first-order valence-corrected chi connectivity index (χ1v) is 3.48. The van der Waals surface area contributed by atoms with Crippen LogP contribution in [0.25, 0.3) is 0 Å². The lowest BCUT2D eigenvalue weighted by Gasteiger charge is -2.03. The van der Waals surface area contributed by atoms with E-state index in [1.165, 1.54) is 12.1 Å². The summed E-state index contributed by atoms with van der Waals surface area (Å²) in [5, 5.41) is 20.6. The lowest BCUT2D eigenvalue weighted by molar-refractivity contribution is -0.773. The average Bonchev–Trinajstić information content (AvgIpc) is 2.07. The number of hydrogen-bond acceptors (Lipinski definition) is 5. The van der Waals surface area contributed by atoms with Gasteiger partial charge in [0.25, 0.3) is 5.56 Å². The second-order valence-electron chi connectivity index (χ2n) is 2.36. The summed E-state index contributed by atoms with van der Waals surface area (Å²) < 4.78 is 0.444. The van der Waals surface area contributed by atoms with Gasteiger partial charge in [0.1, 0.15) is 9.85 Å². The molecule has 1 heterocycles. The highest BCUT2D eigenvalue weighted by Crippen LogP contribution is 2.03. The highest BCUT2D eigenvalue weighted by atomic mass is 16.7. The molecule has 0 saturated heterocycles. The molecule has 14 heavy (non-hydrogen) atoms. The Hall–Kier alpha value is -2.25. The van der Waals surface area contributed by atoms with Crippen LogP contribution in [-0.4, -0.2) is 14.4 Å². The van der Waals surface area contributed by atoms with Gasteiger partial charge >= 0.3 is 6.29 Å². The molecule has 0 amide bonds. The summed E-state index contributed by atoms with van der Waals surface area (Å²) in [5.74, 6) is 0. The molecule has 74 valence electrons. The van der Waals surface area contributed by atoms with Gasteiger partial charge in [-0.2, -0.15) is 4.57 Å². The van der Waals surface area contributed by atoms with Crippen molar-refractivity contribution in [2.24, 2.45) is 0 Å². The second-order valence-corrected chi connectivity index (χ2v) is 2.36. The number of aromatic nitrogens is 1. The van der Waals surface area contributed by atoms with Crippen LogP contribution in [0.2, 0.25) is 0 Å². The Morgan fingerprint density at radius 1 is 1.21 bits per heavy atom. The van der Waals surface area contributed by atoms with E-state index in [1.54, 1.807) is 0 Å². The van der Waals surface area contributed by atoms with Gasteiger partial charge in [-0.25, -0.2) is 0 Å². The third kappa shape index (κ3) is 1.73. The monoisotopic (exact) mass is 199 g/mol. The molecule has 8 heteroatoms. The lowest BCUT2D eigenvalue weighted by atomic mass is 10.5. The van der Waals surface area contributed by atoms with E-state index in [9.17, 15) is 25.0 Å². The third-order valence-corrected chi connectivity index (χ3v) is 1.48. The van der Waals surface area contributed by atoms with E-state index in [-0.39, 0.29) is 0 Å². The maximum atomic E-state index is 11.0. The molecule has 0 saturated carbocycles. The Labute approximate surface area is 76.7 Å². The van der Waals surface area contributed by atoms with Gasteiger partial charge in [0, 0.05) is 12.3 Å². The van der Waals surface area contributed by atoms with Crippen molar-refractivity contribution < 1.29 is 9.85 Å². The molecule has 0 aliphatic heterocycles. The predicted molar refractivity (Wildman–Crippen MR) is 43.7 cm³/mol. The van der Waals surface area contributed by atoms with Crippen LogP contribution in [0.5, 0.6) is 0 Å². The van der Waals surface area contributed by atoms with Crippen LogP contribution >= 0.6 is 0 Å². The molecule has 0 aromatic carbocycles. The van der Waals surface area contributed by atoms with Crippen molar-refractivity contribution in [3.8, 4) is 0 Å². The van der Waals surface area contributed by atoms with Crippen LogP contribution in [0.1, 0.15) is 6.29 Å². The predicted octanol–water partition coefficient (Wildman–Crippen LogP) is -0.142. The SMILES string of the molecule is O=c1ccccn1C([N+](=O)[O-])[N+](=O)[O-]. The average molecular weight is 199 g/mol. The molecular formula is C6H5N3O5. The first-order chi connectivity index (χ1) is 6.54. The highest BCUT2D eigenvalue weighted by Gasteiger charge is 2.34. The van der Waals surface area contributed by atoms with E-state index in [0.717, 1.165) is 12.3 Å². The molecule has 0 aliphatic carbocycles. The van der Waals surface area contributed by atoms with Crippen LogP contribution < -0.4 is 5.56 Å². The maximum absolute atomic E-state index is 11.0. The number of rotatable bonds is 3. The molecule has 0 aliphatic rings. The molecule has 0 bridgehead atoms. The van der Waals surface area contributed by atoms with Crippen LogP contribution in [0.15, 0.2) is 29.2 Å². The first kappa shape index (κ1) is 9.84. The van der Waals surface area contributed by atoms with Gasteiger partial charge in [0.15, 0.2) is 0 Å². The fraction of sp³-hybridized carbons (Fsp3) is 0.167. The van der Waals surface area contributed by atoms with Gasteiger partial charge in [0.2, 0.25) is 0 Å². The van der Waals surface area contributed by atoms with Gasteiger partial charge in [0.05, 0.1) is 0 Å². The fourth-order valence-electron chi connectivity index (χ4n) is 0.911. The Balaban J connectivity index is 3.26. The molecular weight excluding hydrogens is 194 g/mol. The minimum atomic E-state index is -2.26. The normalized spacial score (nSPS) is 10.1. The van der Waals surface area contributed by atoms with Crippen LogP contribution in [0.4, 0.5) is 0 Å². The number of hydrogen-bond donors (Lipinski definition) is 0. The van der Waals surface area contributed by atoms with E-state index in [4.69, 9.17) is 0 Å². The molecule has 1 rings (SSSR count). The molecule has 1 aromatic heterocycles. The Bertz CT molecular complexity index is 411. The first-order valence-electron chi connectivity index (χ1n) is 3.48. The second kappa shape index (κ2) is 3.64. The molecule has 8 nitrogen and oxygen atoms in total. The van der Waals surface area contributed by atoms with E-state index >= 15 is 0 Å². The van der Waals surface area contributed by atoms with Crippen molar-refractivity contribution in [3.63, 3.8) is 0 Å². The fourth-order valence-corrected chi connectivity index (χ4v) is 0.911. The zero-order valence-corrected chi connectivity index (χ0v) is 6.77. The van der Waals surface area contributed by atoms with Crippen LogP contribution in [0, 0.1) is 20.2 Å². The van der Waals surface area contributed by atoms with E-state index < -0.39 is 21.7 Å². The Morgan fingerprint density at radius 3 is 2.21 bits per heavy atom. The quantitative estimate of drug-likeness (QED) is 0.382. The molecule has 0 fully saturated rings. The number of pyridine rings is 1. The third-order valence-electron chi connectivity index (χ3n) is 1.48. The lowest BCUT2D eigenvalue weighted by Crippen LogP contribution is -2.33. The van der Waals surface area contributed by atoms with Gasteiger partial charge in [-0.1, -0.05) is 6.07 Å². The zero-order valence-electron chi connectivity index (χ0n) is 6.77. The van der Waals surface area contributed by atoms with Gasteiger partial charge < -0.3 is 0 Å². The summed E-state index contributed by atoms with van der Waals surface area (Å²) in [6.45, 7) is 0. The maximum Gasteiger partial charge on any atom is 0.542 e. The van der Waals surface area contributed by atoms with Crippen LogP contribution in [-0.2, 0) is 0 Å². The topological polar surface area (TPSA) is 108 Å². The standard InChI is InChI=1S/C6H5N3O5/c10-5-3-1-2-4-7(5)6(8(11)12)9(13)14/h1-4,6H. The molecule has 0 unspecified atom stereocenters. The summed E-state index contributed by atoms with van der Waals surface area (Å²) >= 11 is 0. The van der Waals surface area contributed by atoms with Crippen molar-refractivity contribution in [1.29, 1.82) is 0 Å². The van der Waals surface area contributed by atoms with Crippen molar-refractivity contribution in [3.05, 3.63) is 55.0 Å². The Morgan fingerprint density at radius 2 is 1.79 bits per heavy atom. The Kier molecular flexibility index (Phi) is 2.56. The molecule has 0 spiro atoms. The van der Waals surface area contributed by atoms with Crippen molar-refractivity contribution >= 4 is 0 Å². The number of nitrogens with zero attached hydrogens (tertiary/aromatic N) is 3. The highest BCUT2D eigenvalue weighted by molar-refractivity contribution is 4.93. The molecule has 0 radical (unpaired) electrons. The summed E-state index contributed by atoms with van der Waals surface area (Å²) in [7, 11) is 0. The molecule has 1 aromatic rings. The minimum absolute atomic E-state index is 0.444.